The lowest BCUT2D eigenvalue weighted by Gasteiger charge is -2.16. The zero-order valence-corrected chi connectivity index (χ0v) is 8.83. The summed E-state index contributed by atoms with van der Waals surface area (Å²) in [6.45, 7) is 6.09. The first-order valence-electron chi connectivity index (χ1n) is 4.74. The van der Waals surface area contributed by atoms with Crippen molar-refractivity contribution >= 4 is 12.0 Å². The summed E-state index contributed by atoms with van der Waals surface area (Å²) in [5, 5.41) is 13.7. The van der Waals surface area contributed by atoms with Crippen molar-refractivity contribution in [2.45, 2.75) is 33.2 Å². The van der Waals surface area contributed by atoms with Crippen molar-refractivity contribution in [2.75, 3.05) is 6.54 Å². The van der Waals surface area contributed by atoms with Gasteiger partial charge in [-0.05, 0) is 19.3 Å². The van der Waals surface area contributed by atoms with E-state index < -0.39 is 18.0 Å². The molecule has 0 rings (SSSR count). The minimum Gasteiger partial charge on any atom is -0.480 e. The van der Waals surface area contributed by atoms with Crippen LogP contribution in [0.15, 0.2) is 0 Å². The molecule has 82 valence electrons. The second kappa shape index (κ2) is 6.23. The van der Waals surface area contributed by atoms with Gasteiger partial charge in [0.2, 0.25) is 0 Å². The van der Waals surface area contributed by atoms with Crippen LogP contribution in [0.1, 0.15) is 27.2 Å². The number of hydrogen-bond donors (Lipinski definition) is 3. The van der Waals surface area contributed by atoms with Crippen molar-refractivity contribution in [3.8, 4) is 0 Å². The SMILES string of the molecule is CCNC(=O)NC(CC(C)C)C(=O)O. The number of aliphatic carboxylic acids is 1. The molecule has 0 saturated heterocycles. The molecule has 5 heteroatoms. The van der Waals surface area contributed by atoms with Gasteiger partial charge >= 0.3 is 12.0 Å². The lowest BCUT2D eigenvalue weighted by atomic mass is 10.0. The van der Waals surface area contributed by atoms with E-state index >= 15 is 0 Å². The third kappa shape index (κ3) is 5.40. The number of amides is 2. The molecule has 0 aliphatic heterocycles. The molecule has 2 amide bonds. The van der Waals surface area contributed by atoms with Gasteiger partial charge in [0, 0.05) is 6.54 Å². The van der Waals surface area contributed by atoms with Crippen molar-refractivity contribution in [2.24, 2.45) is 5.92 Å². The summed E-state index contributed by atoms with van der Waals surface area (Å²) in [6.07, 6.45) is 0.437. The molecule has 0 aromatic carbocycles. The van der Waals surface area contributed by atoms with E-state index in [2.05, 4.69) is 10.6 Å². The summed E-state index contributed by atoms with van der Waals surface area (Å²) in [5.74, 6) is -0.761. The highest BCUT2D eigenvalue weighted by Crippen LogP contribution is 2.04. The van der Waals surface area contributed by atoms with Gasteiger partial charge in [-0.15, -0.1) is 0 Å². The minimum absolute atomic E-state index is 0.234. The number of carboxylic acids is 1. The molecule has 0 aliphatic carbocycles. The van der Waals surface area contributed by atoms with E-state index in [1.807, 2.05) is 13.8 Å². The molecule has 0 aromatic rings. The Morgan fingerprint density at radius 3 is 2.29 bits per heavy atom. The molecule has 0 aliphatic rings. The Kier molecular flexibility index (Phi) is 5.67. The monoisotopic (exact) mass is 202 g/mol. The van der Waals surface area contributed by atoms with Gasteiger partial charge in [-0.2, -0.15) is 0 Å². The number of carboxylic acid groups (broad SMARTS) is 1. The van der Waals surface area contributed by atoms with Crippen LogP contribution in [0.2, 0.25) is 0 Å². The van der Waals surface area contributed by atoms with Crippen molar-refractivity contribution in [1.29, 1.82) is 0 Å². The number of rotatable bonds is 5. The van der Waals surface area contributed by atoms with Crippen LogP contribution >= 0.6 is 0 Å². The Morgan fingerprint density at radius 1 is 1.36 bits per heavy atom. The van der Waals surface area contributed by atoms with Crippen LogP contribution in [-0.4, -0.2) is 29.7 Å². The lowest BCUT2D eigenvalue weighted by molar-refractivity contribution is -0.139. The zero-order chi connectivity index (χ0) is 11.1. The maximum atomic E-state index is 11.1. The summed E-state index contributed by atoms with van der Waals surface area (Å²) in [6, 6.07) is -1.23. The standard InChI is InChI=1S/C9H18N2O3/c1-4-10-9(14)11-7(8(12)13)5-6(2)3/h6-7H,4-5H2,1-3H3,(H,12,13)(H2,10,11,14). The maximum absolute atomic E-state index is 11.1. The van der Waals surface area contributed by atoms with Crippen molar-refractivity contribution in [1.82, 2.24) is 10.6 Å². The Bertz CT molecular complexity index is 204. The fourth-order valence-electron chi connectivity index (χ4n) is 1.06. The fraction of sp³-hybridized carbons (Fsp3) is 0.778. The molecule has 3 N–H and O–H groups in total. The minimum atomic E-state index is -0.995. The van der Waals surface area contributed by atoms with E-state index in [0.29, 0.717) is 13.0 Å². The Hall–Kier alpha value is -1.26. The topological polar surface area (TPSA) is 78.4 Å². The molecule has 0 fully saturated rings. The normalized spacial score (nSPS) is 12.3. The second-order valence-electron chi connectivity index (χ2n) is 3.52. The van der Waals surface area contributed by atoms with Crippen LogP contribution in [-0.2, 0) is 4.79 Å². The van der Waals surface area contributed by atoms with Crippen molar-refractivity contribution in [3.63, 3.8) is 0 Å². The number of nitrogens with one attached hydrogen (secondary N) is 2. The first kappa shape index (κ1) is 12.7. The molecule has 0 aromatic heterocycles. The average Bonchev–Trinajstić information content (AvgIpc) is 2.02. The molecule has 1 atom stereocenters. The highest BCUT2D eigenvalue weighted by molar-refractivity contribution is 5.82. The second-order valence-corrected chi connectivity index (χ2v) is 3.52. The first-order chi connectivity index (χ1) is 6.47. The van der Waals surface area contributed by atoms with Crippen LogP contribution in [0.4, 0.5) is 4.79 Å². The Morgan fingerprint density at radius 2 is 1.93 bits per heavy atom. The molecular formula is C9H18N2O3. The van der Waals surface area contributed by atoms with Gasteiger partial charge in [-0.3, -0.25) is 0 Å². The molecule has 14 heavy (non-hydrogen) atoms. The van der Waals surface area contributed by atoms with E-state index in [9.17, 15) is 9.59 Å². The summed E-state index contributed by atoms with van der Waals surface area (Å²) in [7, 11) is 0. The van der Waals surface area contributed by atoms with Gasteiger partial charge < -0.3 is 15.7 Å². The van der Waals surface area contributed by atoms with Crippen LogP contribution in [0, 0.1) is 5.92 Å². The molecule has 5 nitrogen and oxygen atoms in total. The Labute approximate surface area is 83.9 Å². The highest BCUT2D eigenvalue weighted by Gasteiger charge is 2.20. The van der Waals surface area contributed by atoms with Gasteiger partial charge in [0.05, 0.1) is 0 Å². The predicted octanol–water partition coefficient (Wildman–Crippen LogP) is 0.805. The average molecular weight is 202 g/mol. The molecule has 0 bridgehead atoms. The lowest BCUT2D eigenvalue weighted by Crippen LogP contribution is -2.46. The number of urea groups is 1. The first-order valence-corrected chi connectivity index (χ1v) is 4.74. The van der Waals surface area contributed by atoms with Gasteiger partial charge in [-0.25, -0.2) is 9.59 Å². The third-order valence-corrected chi connectivity index (χ3v) is 1.65. The summed E-state index contributed by atoms with van der Waals surface area (Å²) in [4.78, 5) is 21.8. The number of hydrogen-bond acceptors (Lipinski definition) is 2. The molecule has 1 unspecified atom stereocenters. The van der Waals surface area contributed by atoms with Crippen LogP contribution in [0.5, 0.6) is 0 Å². The van der Waals surface area contributed by atoms with Gasteiger partial charge in [0.25, 0.3) is 0 Å². The maximum Gasteiger partial charge on any atom is 0.326 e. The van der Waals surface area contributed by atoms with Gasteiger partial charge in [0.1, 0.15) is 6.04 Å². The van der Waals surface area contributed by atoms with E-state index in [1.165, 1.54) is 0 Å². The molecule has 0 radical (unpaired) electrons. The fourth-order valence-corrected chi connectivity index (χ4v) is 1.06. The molecule has 0 heterocycles. The highest BCUT2D eigenvalue weighted by atomic mass is 16.4. The number of carbonyl (C=O) groups is 2. The van der Waals surface area contributed by atoms with Gasteiger partial charge in [-0.1, -0.05) is 13.8 Å². The predicted molar refractivity (Wildman–Crippen MR) is 53.1 cm³/mol. The third-order valence-electron chi connectivity index (χ3n) is 1.65. The van der Waals surface area contributed by atoms with E-state index in [4.69, 9.17) is 5.11 Å². The van der Waals surface area contributed by atoms with E-state index in [1.54, 1.807) is 6.92 Å². The summed E-state index contributed by atoms with van der Waals surface area (Å²) >= 11 is 0. The van der Waals surface area contributed by atoms with Gasteiger partial charge in [0.15, 0.2) is 0 Å². The molecular weight excluding hydrogens is 184 g/mol. The molecule has 0 saturated carbocycles. The van der Waals surface area contributed by atoms with Crippen molar-refractivity contribution in [3.05, 3.63) is 0 Å². The number of carbonyl (C=O) groups excluding carboxylic acids is 1. The van der Waals surface area contributed by atoms with Crippen LogP contribution in [0.25, 0.3) is 0 Å². The largest absolute Gasteiger partial charge is 0.480 e. The Balaban J connectivity index is 4.09. The summed E-state index contributed by atoms with van der Waals surface area (Å²) in [5.41, 5.74) is 0. The van der Waals surface area contributed by atoms with Crippen LogP contribution in [0.3, 0.4) is 0 Å². The molecule has 0 spiro atoms. The summed E-state index contributed by atoms with van der Waals surface area (Å²) < 4.78 is 0. The smallest absolute Gasteiger partial charge is 0.326 e. The zero-order valence-electron chi connectivity index (χ0n) is 8.83. The van der Waals surface area contributed by atoms with Crippen molar-refractivity contribution < 1.29 is 14.7 Å². The van der Waals surface area contributed by atoms with Crippen LogP contribution < -0.4 is 10.6 Å². The van der Waals surface area contributed by atoms with E-state index in [0.717, 1.165) is 0 Å². The van der Waals surface area contributed by atoms with E-state index in [-0.39, 0.29) is 5.92 Å². The quantitative estimate of drug-likeness (QED) is 0.617.